The van der Waals surface area contributed by atoms with Crippen molar-refractivity contribution in [2.45, 2.75) is 59.2 Å². The summed E-state index contributed by atoms with van der Waals surface area (Å²) in [6, 6.07) is 28.0. The molecule has 0 aliphatic rings. The number of amides is 5. The van der Waals surface area contributed by atoms with Crippen LogP contribution >= 0.6 is 27.0 Å². The molecule has 0 heterocycles. The van der Waals surface area contributed by atoms with Crippen LogP contribution in [-0.4, -0.2) is 41.3 Å². The predicted octanol–water partition coefficient (Wildman–Crippen LogP) is 6.28. The molecule has 0 saturated heterocycles. The topological polar surface area (TPSA) is 129 Å². The summed E-state index contributed by atoms with van der Waals surface area (Å²) in [5.41, 5.74) is 5.45. The summed E-state index contributed by atoms with van der Waals surface area (Å²) in [6.07, 6.45) is 0.889. The minimum Gasteiger partial charge on any atom is -0.443 e. The van der Waals surface area contributed by atoms with Crippen LogP contribution in [0.1, 0.15) is 69.3 Å². The first-order valence-corrected chi connectivity index (χ1v) is 14.2. The maximum atomic E-state index is 12.5. The van der Waals surface area contributed by atoms with E-state index in [1.54, 1.807) is 0 Å². The lowest BCUT2D eigenvalue weighted by Crippen LogP contribution is -2.51. The number of benzene rings is 3. The fraction of sp³-hybridized carbons (Fsp3) is 0.344. The van der Waals surface area contributed by atoms with Gasteiger partial charge in [0.15, 0.2) is 0 Å². The average Bonchev–Trinajstić information content (AvgIpc) is 3.01. The minimum atomic E-state index is -0.662. The lowest BCUT2D eigenvalue weighted by molar-refractivity contribution is 0.106. The van der Waals surface area contributed by atoms with E-state index < -0.39 is 6.09 Å². The number of hydrogen-bond acceptors (Lipinski definition) is 5. The van der Waals surface area contributed by atoms with E-state index in [2.05, 4.69) is 16.1 Å². The SMILES string of the molecule is CCCN(N)C(=O)N[C@@H](C)c1ccccc1.CCCN(NC(=O)OCc1ccccc1)C(=O)N[C@@H](C)c1ccccc1.S.S. The van der Waals surface area contributed by atoms with Crippen LogP contribution < -0.4 is 21.9 Å². The van der Waals surface area contributed by atoms with Gasteiger partial charge in [0.2, 0.25) is 0 Å². The molecule has 12 heteroatoms. The van der Waals surface area contributed by atoms with Gasteiger partial charge in [0.25, 0.3) is 0 Å². The van der Waals surface area contributed by atoms with E-state index in [1.165, 1.54) is 10.0 Å². The zero-order valence-corrected chi connectivity index (χ0v) is 28.0. The van der Waals surface area contributed by atoms with Gasteiger partial charge in [-0.3, -0.25) is 5.01 Å². The van der Waals surface area contributed by atoms with Gasteiger partial charge in [-0.25, -0.2) is 30.7 Å². The Labute approximate surface area is 275 Å². The molecular weight excluding hydrogens is 597 g/mol. The molecular formula is C32H48N6O4S2. The number of carbonyl (C=O) groups excluding carboxylic acids is 3. The number of urea groups is 2. The number of hydrazine groups is 2. The second kappa shape index (κ2) is 22.6. The van der Waals surface area contributed by atoms with Crippen LogP contribution in [0.15, 0.2) is 91.0 Å². The third kappa shape index (κ3) is 15.0. The highest BCUT2D eigenvalue weighted by Crippen LogP contribution is 2.12. The van der Waals surface area contributed by atoms with E-state index in [1.807, 2.05) is 119 Å². The smallest absolute Gasteiger partial charge is 0.426 e. The molecule has 0 saturated carbocycles. The Morgan fingerprint density at radius 2 is 1.14 bits per heavy atom. The number of ether oxygens (including phenoxy) is 1. The van der Waals surface area contributed by atoms with Gasteiger partial charge in [0.1, 0.15) is 6.61 Å². The molecule has 3 aromatic carbocycles. The van der Waals surface area contributed by atoms with Crippen LogP contribution in [0.5, 0.6) is 0 Å². The van der Waals surface area contributed by atoms with Crippen LogP contribution in [-0.2, 0) is 11.3 Å². The number of nitrogens with one attached hydrogen (secondary N) is 3. The summed E-state index contributed by atoms with van der Waals surface area (Å²) in [7, 11) is 0. The maximum absolute atomic E-state index is 12.5. The summed E-state index contributed by atoms with van der Waals surface area (Å²) >= 11 is 0. The molecule has 3 rings (SSSR count). The van der Waals surface area contributed by atoms with Crippen LogP contribution in [0.25, 0.3) is 0 Å². The highest BCUT2D eigenvalue weighted by Gasteiger charge is 2.19. The van der Waals surface area contributed by atoms with E-state index >= 15 is 0 Å². The minimum absolute atomic E-state index is 0. The first-order valence-electron chi connectivity index (χ1n) is 14.2. The number of nitrogens with zero attached hydrogens (tertiary/aromatic N) is 2. The van der Waals surface area contributed by atoms with Crippen molar-refractivity contribution in [2.24, 2.45) is 5.84 Å². The third-order valence-electron chi connectivity index (χ3n) is 6.14. The van der Waals surface area contributed by atoms with Crippen molar-refractivity contribution in [1.29, 1.82) is 0 Å². The number of carbonyl (C=O) groups is 3. The normalized spacial score (nSPS) is 11.0. The van der Waals surface area contributed by atoms with Gasteiger partial charge >= 0.3 is 18.2 Å². The van der Waals surface area contributed by atoms with Crippen molar-refractivity contribution in [3.8, 4) is 0 Å². The van der Waals surface area contributed by atoms with Crippen LogP contribution in [0.4, 0.5) is 14.4 Å². The number of hydrogen-bond donors (Lipinski definition) is 4. The summed E-state index contributed by atoms with van der Waals surface area (Å²) in [5, 5.41) is 8.17. The molecule has 2 atom stereocenters. The first-order chi connectivity index (χ1) is 20.2. The highest BCUT2D eigenvalue weighted by molar-refractivity contribution is 7.59. The second-order valence-corrected chi connectivity index (χ2v) is 9.68. The van der Waals surface area contributed by atoms with E-state index in [-0.39, 0.29) is 57.7 Å². The van der Waals surface area contributed by atoms with Crippen LogP contribution in [0, 0.1) is 0 Å². The monoisotopic (exact) mass is 644 g/mol. The molecule has 3 aromatic rings. The van der Waals surface area contributed by atoms with Gasteiger partial charge in [-0.05, 0) is 43.4 Å². The average molecular weight is 645 g/mol. The van der Waals surface area contributed by atoms with Crippen molar-refractivity contribution in [2.75, 3.05) is 13.1 Å². The molecule has 0 radical (unpaired) electrons. The van der Waals surface area contributed by atoms with E-state index in [9.17, 15) is 14.4 Å². The lowest BCUT2D eigenvalue weighted by Gasteiger charge is -2.25. The zero-order chi connectivity index (χ0) is 30.7. The van der Waals surface area contributed by atoms with Gasteiger partial charge in [0.05, 0.1) is 12.1 Å². The predicted molar refractivity (Wildman–Crippen MR) is 185 cm³/mol. The Bertz CT molecular complexity index is 1210. The first kappa shape index (κ1) is 40.1. The lowest BCUT2D eigenvalue weighted by atomic mass is 10.1. The third-order valence-corrected chi connectivity index (χ3v) is 6.14. The largest absolute Gasteiger partial charge is 0.443 e. The zero-order valence-electron chi connectivity index (χ0n) is 26.0. The van der Waals surface area contributed by atoms with E-state index in [4.69, 9.17) is 10.6 Å². The van der Waals surface area contributed by atoms with Gasteiger partial charge in [-0.1, -0.05) is 105 Å². The van der Waals surface area contributed by atoms with Crippen molar-refractivity contribution in [3.05, 3.63) is 108 Å². The molecule has 0 aliphatic carbocycles. The summed E-state index contributed by atoms with van der Waals surface area (Å²) in [5.74, 6) is 5.58. The van der Waals surface area contributed by atoms with Gasteiger partial charge in [0, 0.05) is 13.1 Å². The van der Waals surface area contributed by atoms with Gasteiger partial charge in [-0.2, -0.15) is 27.0 Å². The van der Waals surface area contributed by atoms with Gasteiger partial charge < -0.3 is 15.4 Å². The molecule has 5 N–H and O–H groups in total. The van der Waals surface area contributed by atoms with E-state index in [0.29, 0.717) is 19.5 Å². The standard InChI is InChI=1S/C20H25N3O3.C12H19N3O.2H2S/c1-3-14-23(19(24)21-16(2)18-12-8-5-9-13-18)22-20(25)26-15-17-10-6-4-7-11-17;1-3-9-15(13)12(16)14-10(2)11-7-5-4-6-8-11;;/h4-13,16H,3,14-15H2,1-2H3,(H,21,24)(H,22,25);4-8,10H,3,9,13H2,1-2H3,(H,14,16);2*1H2/t16-;10-;;/m00../s1. The highest BCUT2D eigenvalue weighted by atomic mass is 32.1. The molecule has 0 spiro atoms. The molecule has 242 valence electrons. The number of nitrogens with two attached hydrogens (primary N) is 1. The molecule has 0 unspecified atom stereocenters. The Morgan fingerprint density at radius 1 is 0.705 bits per heavy atom. The fourth-order valence-corrected chi connectivity index (χ4v) is 3.82. The Kier molecular flexibility index (Phi) is 20.6. The molecule has 5 amide bonds. The van der Waals surface area contributed by atoms with E-state index in [0.717, 1.165) is 23.1 Å². The van der Waals surface area contributed by atoms with Gasteiger partial charge in [-0.15, -0.1) is 0 Å². The quantitative estimate of drug-likeness (QED) is 0.117. The fourth-order valence-electron chi connectivity index (χ4n) is 3.82. The Balaban J connectivity index is 0.000000891. The molecule has 10 nitrogen and oxygen atoms in total. The molecule has 0 aromatic heterocycles. The van der Waals surface area contributed by atoms with Crippen molar-refractivity contribution in [3.63, 3.8) is 0 Å². The second-order valence-electron chi connectivity index (χ2n) is 9.68. The van der Waals surface area contributed by atoms with Crippen LogP contribution in [0.3, 0.4) is 0 Å². The van der Waals surface area contributed by atoms with Crippen LogP contribution in [0.2, 0.25) is 0 Å². The molecule has 0 fully saturated rings. The Morgan fingerprint density at radius 3 is 1.59 bits per heavy atom. The van der Waals surface area contributed by atoms with Crippen molar-refractivity contribution >= 4 is 45.1 Å². The Hall–Kier alpha value is -3.87. The maximum Gasteiger partial charge on any atom is 0.426 e. The summed E-state index contributed by atoms with van der Waals surface area (Å²) in [6.45, 7) is 8.83. The van der Waals surface area contributed by atoms with Crippen molar-refractivity contribution < 1.29 is 19.1 Å². The molecule has 0 bridgehead atoms. The molecule has 44 heavy (non-hydrogen) atoms. The van der Waals surface area contributed by atoms with Crippen molar-refractivity contribution in [1.82, 2.24) is 26.1 Å². The molecule has 0 aliphatic heterocycles. The summed E-state index contributed by atoms with van der Waals surface area (Å²) in [4.78, 5) is 36.1. The summed E-state index contributed by atoms with van der Waals surface area (Å²) < 4.78 is 5.17. The number of rotatable bonds is 10.